The van der Waals surface area contributed by atoms with Gasteiger partial charge in [-0.3, -0.25) is 4.90 Å². The molecule has 0 bridgehead atoms. The minimum atomic E-state index is -0.0896. The molecule has 3 heteroatoms. The maximum absolute atomic E-state index is 14.4. The van der Waals surface area contributed by atoms with E-state index in [1.54, 1.807) is 6.07 Å². The molecule has 1 aliphatic carbocycles. The number of benzene rings is 3. The highest BCUT2D eigenvalue weighted by atomic mass is 19.1. The number of hydrogen-bond acceptors (Lipinski definition) is 2. The fraction of sp³-hybridized carbons (Fsp3) is 0.308. The number of piperidine rings is 1. The number of rotatable bonds is 6. The zero-order valence-corrected chi connectivity index (χ0v) is 16.8. The lowest BCUT2D eigenvalue weighted by atomic mass is 10.1. The zero-order valence-electron chi connectivity index (χ0n) is 16.8. The lowest BCUT2D eigenvalue weighted by Gasteiger charge is -2.29. The largest absolute Gasteiger partial charge is 0.368 e. The van der Waals surface area contributed by atoms with Crippen LogP contribution in [0.15, 0.2) is 78.9 Å². The van der Waals surface area contributed by atoms with Crippen LogP contribution in [0.2, 0.25) is 0 Å². The van der Waals surface area contributed by atoms with Gasteiger partial charge in [0.2, 0.25) is 0 Å². The van der Waals surface area contributed by atoms with Gasteiger partial charge in [-0.25, -0.2) is 4.39 Å². The Bertz CT molecular complexity index is 919. The Morgan fingerprint density at radius 2 is 1.38 bits per heavy atom. The molecule has 2 aliphatic rings. The van der Waals surface area contributed by atoms with Crippen LogP contribution < -0.4 is 4.90 Å². The number of fused-ring (bicyclic) bond motifs is 1. The Kier molecular flexibility index (Phi) is 4.84. The third-order valence-electron chi connectivity index (χ3n) is 6.47. The third-order valence-corrected chi connectivity index (χ3v) is 6.47. The van der Waals surface area contributed by atoms with Crippen LogP contribution in [0.1, 0.15) is 16.7 Å². The summed E-state index contributed by atoms with van der Waals surface area (Å²) in [6.07, 6.45) is 0. The second-order valence-corrected chi connectivity index (χ2v) is 8.55. The molecule has 2 fully saturated rings. The number of nitrogens with zero attached hydrogens (tertiary/aromatic N) is 2. The van der Waals surface area contributed by atoms with E-state index in [0.717, 1.165) is 37.4 Å². The van der Waals surface area contributed by atoms with E-state index in [9.17, 15) is 4.39 Å². The van der Waals surface area contributed by atoms with Crippen LogP contribution in [0, 0.1) is 24.6 Å². The predicted molar refractivity (Wildman–Crippen MR) is 116 cm³/mol. The summed E-state index contributed by atoms with van der Waals surface area (Å²) in [5.41, 5.74) is 4.45. The number of hydrogen-bond donors (Lipinski definition) is 0. The molecule has 1 aliphatic heterocycles. The Balaban J connectivity index is 1.31. The highest BCUT2D eigenvalue weighted by molar-refractivity contribution is 5.51. The molecule has 0 radical (unpaired) electrons. The van der Waals surface area contributed by atoms with E-state index >= 15 is 0 Å². The maximum atomic E-state index is 14.4. The first-order valence-corrected chi connectivity index (χ1v) is 10.5. The van der Waals surface area contributed by atoms with Crippen molar-refractivity contribution >= 4 is 5.69 Å². The zero-order chi connectivity index (χ0) is 19.8. The summed E-state index contributed by atoms with van der Waals surface area (Å²) in [5.74, 6) is 1.17. The molecule has 1 saturated carbocycles. The van der Waals surface area contributed by atoms with Crippen LogP contribution in [-0.4, -0.2) is 24.0 Å². The second-order valence-electron chi connectivity index (χ2n) is 8.55. The molecule has 2 unspecified atom stereocenters. The van der Waals surface area contributed by atoms with Gasteiger partial charge in [-0.05, 0) is 47.6 Å². The van der Waals surface area contributed by atoms with Gasteiger partial charge in [0.25, 0.3) is 0 Å². The van der Waals surface area contributed by atoms with E-state index in [-0.39, 0.29) is 5.82 Å². The van der Waals surface area contributed by atoms with Crippen molar-refractivity contribution in [1.82, 2.24) is 4.90 Å². The molecule has 0 amide bonds. The molecule has 5 rings (SSSR count). The van der Waals surface area contributed by atoms with Crippen molar-refractivity contribution in [3.63, 3.8) is 0 Å². The van der Waals surface area contributed by atoms with Crippen molar-refractivity contribution in [1.29, 1.82) is 0 Å². The van der Waals surface area contributed by atoms with Crippen molar-refractivity contribution in [2.24, 2.45) is 11.8 Å². The van der Waals surface area contributed by atoms with Gasteiger partial charge < -0.3 is 4.90 Å². The summed E-state index contributed by atoms with van der Waals surface area (Å²) in [6, 6.07) is 27.6. The van der Waals surface area contributed by atoms with Gasteiger partial charge in [-0.15, -0.1) is 0 Å². The summed E-state index contributed by atoms with van der Waals surface area (Å²) in [5, 5.41) is 0. The van der Waals surface area contributed by atoms with Gasteiger partial charge in [0.1, 0.15) is 5.82 Å². The second kappa shape index (κ2) is 7.64. The average Bonchev–Trinajstić information content (AvgIpc) is 3.22. The van der Waals surface area contributed by atoms with Crippen LogP contribution in [0.25, 0.3) is 0 Å². The molecular formula is C26H27FN2. The fourth-order valence-corrected chi connectivity index (χ4v) is 5.00. The summed E-state index contributed by atoms with van der Waals surface area (Å²) in [7, 11) is 0. The van der Waals surface area contributed by atoms with Gasteiger partial charge in [-0.1, -0.05) is 66.7 Å². The quantitative estimate of drug-likeness (QED) is 0.569. The Labute approximate surface area is 172 Å². The Morgan fingerprint density at radius 3 is 1.90 bits per heavy atom. The van der Waals surface area contributed by atoms with Crippen molar-refractivity contribution in [2.45, 2.75) is 26.1 Å². The smallest absolute Gasteiger partial charge is 0.146 e. The SMILES string of the molecule is Cc1ccc(N2CC3C(C2)C3N(Cc2ccccc2)Cc2ccccc2)c(F)c1. The van der Waals surface area contributed by atoms with Crippen molar-refractivity contribution in [3.8, 4) is 0 Å². The Hall–Kier alpha value is -2.65. The fourth-order valence-electron chi connectivity index (χ4n) is 5.00. The summed E-state index contributed by atoms with van der Waals surface area (Å²) in [6.45, 7) is 5.78. The first-order chi connectivity index (χ1) is 14.2. The van der Waals surface area contributed by atoms with Gasteiger partial charge in [0, 0.05) is 32.2 Å². The molecule has 1 heterocycles. The van der Waals surface area contributed by atoms with Crippen LogP contribution in [-0.2, 0) is 13.1 Å². The van der Waals surface area contributed by atoms with Crippen LogP contribution in [0.4, 0.5) is 10.1 Å². The number of halogens is 1. The lowest BCUT2D eigenvalue weighted by molar-refractivity contribution is 0.222. The van der Waals surface area contributed by atoms with Gasteiger partial charge >= 0.3 is 0 Å². The van der Waals surface area contributed by atoms with E-state index in [2.05, 4.69) is 70.5 Å². The molecule has 0 aromatic heterocycles. The highest BCUT2D eigenvalue weighted by Crippen LogP contribution is 2.51. The number of anilines is 1. The van der Waals surface area contributed by atoms with E-state index in [1.807, 2.05) is 19.1 Å². The minimum absolute atomic E-state index is 0.0896. The van der Waals surface area contributed by atoms with Crippen LogP contribution in [0.5, 0.6) is 0 Å². The van der Waals surface area contributed by atoms with Gasteiger partial charge in [-0.2, -0.15) is 0 Å². The molecule has 0 N–H and O–H groups in total. The van der Waals surface area contributed by atoms with E-state index in [4.69, 9.17) is 0 Å². The molecule has 3 aromatic rings. The molecule has 3 aromatic carbocycles. The minimum Gasteiger partial charge on any atom is -0.368 e. The van der Waals surface area contributed by atoms with E-state index in [0.29, 0.717) is 17.9 Å². The Morgan fingerprint density at radius 1 is 0.828 bits per heavy atom. The molecule has 148 valence electrons. The van der Waals surface area contributed by atoms with E-state index in [1.165, 1.54) is 11.1 Å². The van der Waals surface area contributed by atoms with E-state index < -0.39 is 0 Å². The molecule has 2 nitrogen and oxygen atoms in total. The van der Waals surface area contributed by atoms with Crippen LogP contribution >= 0.6 is 0 Å². The standard InChI is InChI=1S/C26H27FN2/c1-19-12-13-25(24(27)14-19)28-17-22-23(18-28)26(22)29(15-20-8-4-2-5-9-20)16-21-10-6-3-7-11-21/h2-14,22-23,26H,15-18H2,1H3. The first kappa shape index (κ1) is 18.4. The summed E-state index contributed by atoms with van der Waals surface area (Å²) >= 11 is 0. The van der Waals surface area contributed by atoms with Crippen molar-refractivity contribution < 1.29 is 4.39 Å². The van der Waals surface area contributed by atoms with Crippen LogP contribution in [0.3, 0.4) is 0 Å². The monoisotopic (exact) mass is 386 g/mol. The lowest BCUT2D eigenvalue weighted by Crippen LogP contribution is -2.34. The molecule has 29 heavy (non-hydrogen) atoms. The summed E-state index contributed by atoms with van der Waals surface area (Å²) < 4.78 is 14.4. The normalized spacial score (nSPS) is 22.7. The highest BCUT2D eigenvalue weighted by Gasteiger charge is 2.58. The van der Waals surface area contributed by atoms with Crippen molar-refractivity contribution in [3.05, 3.63) is 101 Å². The topological polar surface area (TPSA) is 6.48 Å². The predicted octanol–water partition coefficient (Wildman–Crippen LogP) is 5.27. The molecule has 2 atom stereocenters. The average molecular weight is 387 g/mol. The molecule has 0 spiro atoms. The van der Waals surface area contributed by atoms with Gasteiger partial charge in [0.15, 0.2) is 0 Å². The molecular weight excluding hydrogens is 359 g/mol. The van der Waals surface area contributed by atoms with Gasteiger partial charge in [0.05, 0.1) is 5.69 Å². The molecule has 1 saturated heterocycles. The van der Waals surface area contributed by atoms with Crippen molar-refractivity contribution in [2.75, 3.05) is 18.0 Å². The first-order valence-electron chi connectivity index (χ1n) is 10.5. The maximum Gasteiger partial charge on any atom is 0.146 e. The third kappa shape index (κ3) is 3.79. The number of aryl methyl sites for hydroxylation is 1. The summed E-state index contributed by atoms with van der Waals surface area (Å²) in [4.78, 5) is 4.87.